The number of hydrogen-bond donors (Lipinski definition) is 1. The summed E-state index contributed by atoms with van der Waals surface area (Å²) in [5, 5.41) is 0. The average molecular weight is 321 g/mol. The Labute approximate surface area is 121 Å². The Hall–Kier alpha value is -1.39. The van der Waals surface area contributed by atoms with Crippen LogP contribution in [0, 0.1) is 20.8 Å². The first-order valence-electron chi connectivity index (χ1n) is 6.11. The molecule has 0 atom stereocenters. The maximum Gasteiger partial charge on any atom is 0.233 e. The summed E-state index contributed by atoms with van der Waals surface area (Å²) in [4.78, 5) is 4.30. The standard InChI is InChI=1S/C15H17BrN2O/c1-9-4-13(16)15(18-8-9)19-14-10(2)5-12(7-17)6-11(14)3/h4-6,8H,7,17H2,1-3H3. The van der Waals surface area contributed by atoms with Crippen molar-refractivity contribution in [3.05, 3.63) is 51.1 Å². The van der Waals surface area contributed by atoms with Crippen LogP contribution in [0.1, 0.15) is 22.3 Å². The number of aryl methyl sites for hydroxylation is 3. The van der Waals surface area contributed by atoms with E-state index in [9.17, 15) is 0 Å². The highest BCUT2D eigenvalue weighted by molar-refractivity contribution is 9.10. The molecule has 0 aliphatic heterocycles. The lowest BCUT2D eigenvalue weighted by Gasteiger charge is -2.13. The molecule has 2 rings (SSSR count). The second-order valence-electron chi connectivity index (χ2n) is 4.66. The first-order valence-corrected chi connectivity index (χ1v) is 6.90. The zero-order valence-electron chi connectivity index (χ0n) is 11.3. The first-order chi connectivity index (χ1) is 9.01. The monoisotopic (exact) mass is 320 g/mol. The van der Waals surface area contributed by atoms with Crippen molar-refractivity contribution in [2.45, 2.75) is 27.3 Å². The van der Waals surface area contributed by atoms with E-state index in [1.165, 1.54) is 0 Å². The first kappa shape index (κ1) is 14.0. The van der Waals surface area contributed by atoms with Crippen LogP contribution < -0.4 is 10.5 Å². The molecule has 100 valence electrons. The highest BCUT2D eigenvalue weighted by Crippen LogP contribution is 2.32. The minimum absolute atomic E-state index is 0.536. The Kier molecular flexibility index (Phi) is 4.22. The number of halogens is 1. The molecule has 0 aliphatic rings. The van der Waals surface area contributed by atoms with E-state index in [1.54, 1.807) is 6.20 Å². The van der Waals surface area contributed by atoms with Crippen LogP contribution in [0.25, 0.3) is 0 Å². The molecule has 0 amide bonds. The zero-order valence-corrected chi connectivity index (χ0v) is 12.9. The van der Waals surface area contributed by atoms with Gasteiger partial charge in [0.2, 0.25) is 5.88 Å². The predicted octanol–water partition coefficient (Wildman–Crippen LogP) is 4.02. The Morgan fingerprint density at radius 2 is 1.79 bits per heavy atom. The van der Waals surface area contributed by atoms with Gasteiger partial charge in [-0.1, -0.05) is 12.1 Å². The molecule has 4 heteroatoms. The molecule has 2 aromatic rings. The molecule has 19 heavy (non-hydrogen) atoms. The maximum atomic E-state index is 5.93. The number of ether oxygens (including phenoxy) is 1. The van der Waals surface area contributed by atoms with Gasteiger partial charge in [-0.05, 0) is 65.0 Å². The summed E-state index contributed by atoms with van der Waals surface area (Å²) in [5.41, 5.74) is 10.00. The van der Waals surface area contributed by atoms with Gasteiger partial charge in [-0.2, -0.15) is 0 Å². The SMILES string of the molecule is Cc1cnc(Oc2c(C)cc(CN)cc2C)c(Br)c1. The van der Waals surface area contributed by atoms with Crippen molar-refractivity contribution in [3.8, 4) is 11.6 Å². The number of pyridine rings is 1. The van der Waals surface area contributed by atoms with Gasteiger partial charge in [0.15, 0.2) is 0 Å². The fraction of sp³-hybridized carbons (Fsp3) is 0.267. The number of benzene rings is 1. The van der Waals surface area contributed by atoms with Crippen LogP contribution in [0.15, 0.2) is 28.9 Å². The number of rotatable bonds is 3. The summed E-state index contributed by atoms with van der Waals surface area (Å²) in [6.07, 6.45) is 1.79. The lowest BCUT2D eigenvalue weighted by atomic mass is 10.1. The largest absolute Gasteiger partial charge is 0.437 e. The van der Waals surface area contributed by atoms with Gasteiger partial charge in [0, 0.05) is 12.7 Å². The molecule has 0 unspecified atom stereocenters. The van der Waals surface area contributed by atoms with E-state index >= 15 is 0 Å². The van der Waals surface area contributed by atoms with Gasteiger partial charge in [-0.3, -0.25) is 0 Å². The molecule has 2 N–H and O–H groups in total. The number of nitrogens with zero attached hydrogens (tertiary/aromatic N) is 1. The molecule has 1 aromatic carbocycles. The summed E-state index contributed by atoms with van der Waals surface area (Å²) >= 11 is 3.47. The van der Waals surface area contributed by atoms with Gasteiger partial charge in [0.25, 0.3) is 0 Å². The lowest BCUT2D eigenvalue weighted by Crippen LogP contribution is -2.00. The minimum Gasteiger partial charge on any atom is -0.437 e. The van der Waals surface area contributed by atoms with Crippen LogP contribution in [-0.4, -0.2) is 4.98 Å². The normalized spacial score (nSPS) is 10.6. The van der Waals surface area contributed by atoms with Crippen molar-refractivity contribution >= 4 is 15.9 Å². The second kappa shape index (κ2) is 5.72. The fourth-order valence-corrected chi connectivity index (χ4v) is 2.56. The minimum atomic E-state index is 0.536. The Bertz CT molecular complexity index is 588. The zero-order chi connectivity index (χ0) is 14.0. The van der Waals surface area contributed by atoms with Gasteiger partial charge >= 0.3 is 0 Å². The lowest BCUT2D eigenvalue weighted by molar-refractivity contribution is 0.452. The summed E-state index contributed by atoms with van der Waals surface area (Å²) in [7, 11) is 0. The van der Waals surface area contributed by atoms with Gasteiger partial charge < -0.3 is 10.5 Å². The second-order valence-corrected chi connectivity index (χ2v) is 5.52. The van der Waals surface area contributed by atoms with Crippen molar-refractivity contribution in [2.24, 2.45) is 5.73 Å². The van der Waals surface area contributed by atoms with Crippen LogP contribution >= 0.6 is 15.9 Å². The topological polar surface area (TPSA) is 48.1 Å². The van der Waals surface area contributed by atoms with Gasteiger partial charge in [0.05, 0.1) is 4.47 Å². The van der Waals surface area contributed by atoms with Crippen molar-refractivity contribution < 1.29 is 4.74 Å². The summed E-state index contributed by atoms with van der Waals surface area (Å²) in [6, 6.07) is 6.08. The van der Waals surface area contributed by atoms with E-state index < -0.39 is 0 Å². The third-order valence-corrected chi connectivity index (χ3v) is 3.47. The molecule has 1 heterocycles. The molecular weight excluding hydrogens is 304 g/mol. The molecule has 3 nitrogen and oxygen atoms in total. The van der Waals surface area contributed by atoms with Gasteiger partial charge in [-0.15, -0.1) is 0 Å². The Morgan fingerprint density at radius 3 is 2.32 bits per heavy atom. The van der Waals surface area contributed by atoms with E-state index in [-0.39, 0.29) is 0 Å². The predicted molar refractivity (Wildman–Crippen MR) is 80.6 cm³/mol. The molecule has 0 saturated carbocycles. The van der Waals surface area contributed by atoms with E-state index in [2.05, 4.69) is 20.9 Å². The van der Waals surface area contributed by atoms with Crippen molar-refractivity contribution in [1.29, 1.82) is 0 Å². The highest BCUT2D eigenvalue weighted by Gasteiger charge is 2.10. The number of nitrogens with two attached hydrogens (primary N) is 1. The van der Waals surface area contributed by atoms with Crippen molar-refractivity contribution in [1.82, 2.24) is 4.98 Å². The molecule has 0 fully saturated rings. The van der Waals surface area contributed by atoms with Gasteiger partial charge in [0.1, 0.15) is 5.75 Å². The Morgan fingerprint density at radius 1 is 1.16 bits per heavy atom. The third kappa shape index (κ3) is 3.14. The quantitative estimate of drug-likeness (QED) is 0.929. The van der Waals surface area contributed by atoms with Crippen LogP contribution in [0.5, 0.6) is 11.6 Å². The fourth-order valence-electron chi connectivity index (χ4n) is 2.01. The van der Waals surface area contributed by atoms with E-state index in [1.807, 2.05) is 39.0 Å². The summed E-state index contributed by atoms with van der Waals surface area (Å²) < 4.78 is 6.78. The molecule has 1 aromatic heterocycles. The molecule has 0 aliphatic carbocycles. The summed E-state index contributed by atoms with van der Waals surface area (Å²) in [6.45, 7) is 6.57. The number of aromatic nitrogens is 1. The number of hydrogen-bond acceptors (Lipinski definition) is 3. The highest BCUT2D eigenvalue weighted by atomic mass is 79.9. The summed E-state index contributed by atoms with van der Waals surface area (Å²) in [5.74, 6) is 1.42. The molecule has 0 saturated heterocycles. The van der Waals surface area contributed by atoms with Crippen LogP contribution in [0.3, 0.4) is 0 Å². The molecular formula is C15H17BrN2O. The van der Waals surface area contributed by atoms with Gasteiger partial charge in [-0.25, -0.2) is 4.98 Å². The van der Waals surface area contributed by atoms with Crippen molar-refractivity contribution in [3.63, 3.8) is 0 Å². The Balaban J connectivity index is 2.38. The average Bonchev–Trinajstić information content (AvgIpc) is 2.35. The van der Waals surface area contributed by atoms with E-state index in [0.29, 0.717) is 12.4 Å². The smallest absolute Gasteiger partial charge is 0.233 e. The molecule has 0 bridgehead atoms. The third-order valence-electron chi connectivity index (χ3n) is 2.90. The van der Waals surface area contributed by atoms with E-state index in [4.69, 9.17) is 10.5 Å². The maximum absolute atomic E-state index is 5.93. The van der Waals surface area contributed by atoms with Crippen LogP contribution in [0.4, 0.5) is 0 Å². The molecule has 0 spiro atoms. The van der Waals surface area contributed by atoms with Crippen LogP contribution in [-0.2, 0) is 6.54 Å². The van der Waals surface area contributed by atoms with E-state index in [0.717, 1.165) is 32.5 Å². The molecule has 0 radical (unpaired) electrons. The van der Waals surface area contributed by atoms with Crippen LogP contribution in [0.2, 0.25) is 0 Å². The van der Waals surface area contributed by atoms with Crippen molar-refractivity contribution in [2.75, 3.05) is 0 Å².